The number of allylic oxidation sites excluding steroid dienone is 4. The van der Waals surface area contributed by atoms with Gasteiger partial charge in [0, 0.05) is 0 Å². The number of ether oxygens (including phenoxy) is 1. The van der Waals surface area contributed by atoms with Crippen LogP contribution in [0, 0.1) is 5.82 Å². The SMILES string of the molecule is C/C(=C\C=C(/C)OCC(=O)c1ccccc1F)CC1SC(=O)NC1=O. The van der Waals surface area contributed by atoms with Crippen LogP contribution in [0.2, 0.25) is 0 Å². The first-order valence-electron chi connectivity index (χ1n) is 7.63. The van der Waals surface area contributed by atoms with Crippen molar-refractivity contribution in [3.63, 3.8) is 0 Å². The van der Waals surface area contributed by atoms with Crippen molar-refractivity contribution < 1.29 is 23.5 Å². The Morgan fingerprint density at radius 3 is 2.64 bits per heavy atom. The summed E-state index contributed by atoms with van der Waals surface area (Å²) in [6.07, 6.45) is 3.88. The highest BCUT2D eigenvalue weighted by atomic mass is 32.2. The van der Waals surface area contributed by atoms with E-state index in [-0.39, 0.29) is 23.3 Å². The van der Waals surface area contributed by atoms with Crippen LogP contribution in [0.4, 0.5) is 9.18 Å². The largest absolute Gasteiger partial charge is 0.490 e. The Morgan fingerprint density at radius 2 is 2.00 bits per heavy atom. The van der Waals surface area contributed by atoms with Crippen LogP contribution < -0.4 is 5.32 Å². The number of halogens is 1. The number of hydrogen-bond acceptors (Lipinski definition) is 5. The minimum absolute atomic E-state index is 0.00374. The lowest BCUT2D eigenvalue weighted by atomic mass is 10.1. The first kappa shape index (κ1) is 18.9. The zero-order chi connectivity index (χ0) is 18.4. The molecule has 1 aliphatic heterocycles. The number of benzene rings is 1. The minimum Gasteiger partial charge on any atom is -0.490 e. The summed E-state index contributed by atoms with van der Waals surface area (Å²) in [7, 11) is 0. The predicted molar refractivity (Wildman–Crippen MR) is 93.7 cm³/mol. The number of carbonyl (C=O) groups excluding carboxylic acids is 3. The molecule has 0 saturated carbocycles. The lowest BCUT2D eigenvalue weighted by Crippen LogP contribution is -2.24. The molecule has 1 aliphatic rings. The number of ketones is 1. The Balaban J connectivity index is 1.86. The van der Waals surface area contributed by atoms with Crippen molar-refractivity contribution in [3.8, 4) is 0 Å². The van der Waals surface area contributed by atoms with E-state index in [1.54, 1.807) is 25.1 Å². The molecule has 1 heterocycles. The molecule has 5 nitrogen and oxygen atoms in total. The number of hydrogen-bond donors (Lipinski definition) is 1. The molecule has 1 saturated heterocycles. The van der Waals surface area contributed by atoms with Crippen LogP contribution in [-0.4, -0.2) is 28.8 Å². The highest BCUT2D eigenvalue weighted by molar-refractivity contribution is 8.15. The minimum atomic E-state index is -0.574. The van der Waals surface area contributed by atoms with E-state index < -0.39 is 16.9 Å². The van der Waals surface area contributed by atoms with E-state index in [2.05, 4.69) is 5.32 Å². The van der Waals surface area contributed by atoms with Crippen molar-refractivity contribution in [1.29, 1.82) is 0 Å². The van der Waals surface area contributed by atoms with Gasteiger partial charge in [-0.1, -0.05) is 35.5 Å². The fraction of sp³-hybridized carbons (Fsp3) is 0.278. The Hall–Kier alpha value is -2.41. The summed E-state index contributed by atoms with van der Waals surface area (Å²) < 4.78 is 18.8. The number of amides is 2. The molecule has 0 aromatic heterocycles. The standard InChI is InChI=1S/C18H18FNO4S/c1-11(9-16-17(22)20-18(23)25-16)7-8-12(2)24-10-15(21)13-5-3-4-6-14(13)19/h3-8,16H,9-10H2,1-2H3,(H,20,22,23)/b11-7+,12-8+. The third-order valence-corrected chi connectivity index (χ3v) is 4.46. The summed E-state index contributed by atoms with van der Waals surface area (Å²) in [4.78, 5) is 34.6. The Kier molecular flexibility index (Phi) is 6.52. The van der Waals surface area contributed by atoms with Crippen LogP contribution >= 0.6 is 11.8 Å². The summed E-state index contributed by atoms with van der Waals surface area (Å²) in [6.45, 7) is 3.26. The number of carbonyl (C=O) groups is 3. The van der Waals surface area contributed by atoms with Crippen molar-refractivity contribution in [3.05, 3.63) is 59.1 Å². The number of thioether (sulfide) groups is 1. The van der Waals surface area contributed by atoms with E-state index in [9.17, 15) is 18.8 Å². The molecular weight excluding hydrogens is 345 g/mol. The lowest BCUT2D eigenvalue weighted by Gasteiger charge is -2.07. The second kappa shape index (κ2) is 8.62. The summed E-state index contributed by atoms with van der Waals surface area (Å²) in [5, 5.41) is 1.49. The molecule has 0 spiro atoms. The van der Waals surface area contributed by atoms with E-state index in [4.69, 9.17) is 4.74 Å². The second-order valence-corrected chi connectivity index (χ2v) is 6.74. The van der Waals surface area contributed by atoms with E-state index in [0.29, 0.717) is 12.2 Å². The van der Waals surface area contributed by atoms with E-state index in [0.717, 1.165) is 17.3 Å². The molecule has 0 radical (unpaired) electrons. The molecule has 0 bridgehead atoms. The molecule has 2 amide bonds. The Morgan fingerprint density at radius 1 is 1.28 bits per heavy atom. The van der Waals surface area contributed by atoms with Gasteiger partial charge in [-0.25, -0.2) is 4.39 Å². The molecule has 1 fully saturated rings. The average molecular weight is 363 g/mol. The van der Waals surface area contributed by atoms with Crippen molar-refractivity contribution in [1.82, 2.24) is 5.32 Å². The normalized spacial score (nSPS) is 18.3. The second-order valence-electron chi connectivity index (χ2n) is 5.57. The first-order valence-corrected chi connectivity index (χ1v) is 8.51. The number of nitrogens with one attached hydrogen (secondary N) is 1. The molecular formula is C18H18FNO4S. The number of Topliss-reactive ketones (excluding diaryl/α,β-unsaturated/α-hetero) is 1. The molecule has 1 aromatic carbocycles. The topological polar surface area (TPSA) is 72.5 Å². The van der Waals surface area contributed by atoms with Gasteiger partial charge in [-0.15, -0.1) is 0 Å². The van der Waals surface area contributed by atoms with E-state index in [1.807, 2.05) is 6.92 Å². The van der Waals surface area contributed by atoms with Crippen LogP contribution in [0.15, 0.2) is 47.7 Å². The van der Waals surface area contributed by atoms with Crippen molar-refractivity contribution >= 4 is 28.7 Å². The van der Waals surface area contributed by atoms with Crippen LogP contribution in [0.5, 0.6) is 0 Å². The van der Waals surface area contributed by atoms with E-state index in [1.165, 1.54) is 18.2 Å². The maximum Gasteiger partial charge on any atom is 0.286 e. The molecule has 1 unspecified atom stereocenters. The van der Waals surface area contributed by atoms with Crippen LogP contribution in [0.3, 0.4) is 0 Å². The van der Waals surface area contributed by atoms with Gasteiger partial charge in [0.25, 0.3) is 5.24 Å². The highest BCUT2D eigenvalue weighted by Crippen LogP contribution is 2.25. The van der Waals surface area contributed by atoms with Crippen molar-refractivity contribution in [2.75, 3.05) is 6.61 Å². The van der Waals surface area contributed by atoms with Crippen molar-refractivity contribution in [2.45, 2.75) is 25.5 Å². The highest BCUT2D eigenvalue weighted by Gasteiger charge is 2.31. The van der Waals surface area contributed by atoms with Gasteiger partial charge in [0.15, 0.2) is 6.61 Å². The summed E-state index contributed by atoms with van der Waals surface area (Å²) in [6, 6.07) is 5.74. The van der Waals surface area contributed by atoms with Gasteiger partial charge < -0.3 is 4.74 Å². The molecule has 2 rings (SSSR count). The molecule has 1 N–H and O–H groups in total. The van der Waals surface area contributed by atoms with Crippen molar-refractivity contribution in [2.24, 2.45) is 0 Å². The zero-order valence-corrected chi connectivity index (χ0v) is 14.7. The molecule has 1 aromatic rings. The maximum absolute atomic E-state index is 13.5. The zero-order valence-electron chi connectivity index (χ0n) is 13.9. The smallest absolute Gasteiger partial charge is 0.286 e. The third-order valence-electron chi connectivity index (χ3n) is 3.48. The fourth-order valence-electron chi connectivity index (χ4n) is 2.14. The molecule has 132 valence electrons. The van der Waals surface area contributed by atoms with Gasteiger partial charge in [0.1, 0.15) is 5.82 Å². The average Bonchev–Trinajstić information content (AvgIpc) is 2.88. The number of imide groups is 1. The van der Waals surface area contributed by atoms with Crippen LogP contribution in [-0.2, 0) is 9.53 Å². The monoisotopic (exact) mass is 363 g/mol. The Labute approximate surface area is 149 Å². The molecule has 1 atom stereocenters. The summed E-state index contributed by atoms with van der Waals surface area (Å²) in [5.74, 6) is -0.807. The van der Waals surface area contributed by atoms with Gasteiger partial charge in [-0.05, 0) is 38.5 Å². The quantitative estimate of drug-likeness (QED) is 0.455. The third kappa shape index (κ3) is 5.56. The molecule has 25 heavy (non-hydrogen) atoms. The number of rotatable bonds is 7. The van der Waals surface area contributed by atoms with Gasteiger partial charge in [0.05, 0.1) is 16.6 Å². The van der Waals surface area contributed by atoms with Crippen LogP contribution in [0.25, 0.3) is 0 Å². The van der Waals surface area contributed by atoms with Gasteiger partial charge in [-0.2, -0.15) is 0 Å². The Bertz CT molecular complexity index is 757. The van der Waals surface area contributed by atoms with Gasteiger partial charge >= 0.3 is 0 Å². The predicted octanol–water partition coefficient (Wildman–Crippen LogP) is 3.62. The fourth-order valence-corrected chi connectivity index (χ4v) is 3.07. The first-order chi connectivity index (χ1) is 11.9. The lowest BCUT2D eigenvalue weighted by molar-refractivity contribution is -0.118. The van der Waals surface area contributed by atoms with Crippen LogP contribution in [0.1, 0.15) is 30.6 Å². The maximum atomic E-state index is 13.5. The van der Waals surface area contributed by atoms with Gasteiger partial charge in [-0.3, -0.25) is 19.7 Å². The molecule has 7 heteroatoms. The summed E-state index contributed by atoms with van der Waals surface area (Å²) >= 11 is 0.977. The summed E-state index contributed by atoms with van der Waals surface area (Å²) in [5.41, 5.74) is 0.890. The van der Waals surface area contributed by atoms with Gasteiger partial charge in [0.2, 0.25) is 11.7 Å². The molecule has 0 aliphatic carbocycles. The van der Waals surface area contributed by atoms with E-state index >= 15 is 0 Å².